The molecule has 1 amide bonds. The summed E-state index contributed by atoms with van der Waals surface area (Å²) in [6.07, 6.45) is 0.897. The highest BCUT2D eigenvalue weighted by Crippen LogP contribution is 2.30. The standard InChI is InChI=1S/C13H16ClNO4S/c1-18-9-6-7(13(17)19-2)5-8(9)15-12(16)10-3-4-11(14)20-10/h3-4,7-9H,5-6H2,1-2H3,(H,15,16). The molecule has 1 aliphatic rings. The Balaban J connectivity index is 2.00. The highest BCUT2D eigenvalue weighted by molar-refractivity contribution is 7.17. The highest BCUT2D eigenvalue weighted by Gasteiger charge is 2.39. The van der Waals surface area contributed by atoms with Gasteiger partial charge in [-0.25, -0.2) is 0 Å². The number of nitrogens with one attached hydrogen (secondary N) is 1. The summed E-state index contributed by atoms with van der Waals surface area (Å²) in [6.45, 7) is 0. The summed E-state index contributed by atoms with van der Waals surface area (Å²) in [6, 6.07) is 3.16. The molecule has 20 heavy (non-hydrogen) atoms. The number of hydrogen-bond donors (Lipinski definition) is 1. The molecule has 1 saturated carbocycles. The van der Waals surface area contributed by atoms with Gasteiger partial charge in [-0.2, -0.15) is 0 Å². The molecule has 1 aliphatic carbocycles. The second-order valence-corrected chi connectivity index (χ2v) is 6.36. The van der Waals surface area contributed by atoms with Crippen molar-refractivity contribution in [3.63, 3.8) is 0 Å². The van der Waals surface area contributed by atoms with Crippen LogP contribution in [0.1, 0.15) is 22.5 Å². The summed E-state index contributed by atoms with van der Waals surface area (Å²) in [5.41, 5.74) is 0. The molecule has 3 unspecified atom stereocenters. The van der Waals surface area contributed by atoms with Crippen LogP contribution in [0.2, 0.25) is 4.34 Å². The van der Waals surface area contributed by atoms with Crippen molar-refractivity contribution in [3.8, 4) is 0 Å². The quantitative estimate of drug-likeness (QED) is 0.864. The first-order valence-corrected chi connectivity index (χ1v) is 7.41. The zero-order chi connectivity index (χ0) is 14.7. The summed E-state index contributed by atoms with van der Waals surface area (Å²) in [5.74, 6) is -0.690. The fraction of sp³-hybridized carbons (Fsp3) is 0.538. The average Bonchev–Trinajstić information content (AvgIpc) is 3.04. The van der Waals surface area contributed by atoms with Gasteiger partial charge in [0.15, 0.2) is 0 Å². The number of esters is 1. The van der Waals surface area contributed by atoms with Crippen molar-refractivity contribution in [2.45, 2.75) is 25.0 Å². The number of hydrogen-bond acceptors (Lipinski definition) is 5. The van der Waals surface area contributed by atoms with Gasteiger partial charge in [0, 0.05) is 7.11 Å². The number of halogens is 1. The Morgan fingerprint density at radius 3 is 2.65 bits per heavy atom. The van der Waals surface area contributed by atoms with E-state index in [2.05, 4.69) is 5.32 Å². The maximum absolute atomic E-state index is 12.1. The monoisotopic (exact) mass is 317 g/mol. The Hall–Kier alpha value is -1.11. The van der Waals surface area contributed by atoms with E-state index in [0.29, 0.717) is 22.1 Å². The van der Waals surface area contributed by atoms with Crippen molar-refractivity contribution < 1.29 is 19.1 Å². The van der Waals surface area contributed by atoms with Gasteiger partial charge >= 0.3 is 5.97 Å². The van der Waals surface area contributed by atoms with Gasteiger partial charge in [0.2, 0.25) is 0 Å². The van der Waals surface area contributed by atoms with Crippen molar-refractivity contribution in [2.75, 3.05) is 14.2 Å². The van der Waals surface area contributed by atoms with Gasteiger partial charge in [-0.1, -0.05) is 11.6 Å². The molecule has 1 fully saturated rings. The molecule has 0 aliphatic heterocycles. The van der Waals surface area contributed by atoms with E-state index in [4.69, 9.17) is 21.1 Å². The van der Waals surface area contributed by atoms with Gasteiger partial charge in [-0.05, 0) is 25.0 Å². The minimum atomic E-state index is -0.261. The van der Waals surface area contributed by atoms with Crippen LogP contribution in [0.5, 0.6) is 0 Å². The summed E-state index contributed by atoms with van der Waals surface area (Å²) in [5, 5.41) is 2.90. The topological polar surface area (TPSA) is 64.6 Å². The normalized spacial score (nSPS) is 25.4. The van der Waals surface area contributed by atoms with Gasteiger partial charge in [0.25, 0.3) is 5.91 Å². The molecule has 1 N–H and O–H groups in total. The molecule has 0 aromatic carbocycles. The Morgan fingerprint density at radius 2 is 2.10 bits per heavy atom. The Bertz CT molecular complexity index is 504. The molecule has 2 rings (SSSR count). The molecule has 0 bridgehead atoms. The van der Waals surface area contributed by atoms with Crippen LogP contribution in [0.25, 0.3) is 0 Å². The first-order valence-electron chi connectivity index (χ1n) is 6.22. The third kappa shape index (κ3) is 3.31. The van der Waals surface area contributed by atoms with E-state index < -0.39 is 0 Å². The van der Waals surface area contributed by atoms with E-state index in [1.807, 2.05) is 0 Å². The van der Waals surface area contributed by atoms with E-state index in [9.17, 15) is 9.59 Å². The largest absolute Gasteiger partial charge is 0.469 e. The summed E-state index contributed by atoms with van der Waals surface area (Å²) >= 11 is 7.03. The third-order valence-corrected chi connectivity index (χ3v) is 4.68. The molecular formula is C13H16ClNO4S. The van der Waals surface area contributed by atoms with E-state index in [0.717, 1.165) is 0 Å². The molecule has 3 atom stereocenters. The van der Waals surface area contributed by atoms with E-state index >= 15 is 0 Å². The Labute approximate surface area is 126 Å². The summed E-state index contributed by atoms with van der Waals surface area (Å²) in [4.78, 5) is 24.2. The van der Waals surface area contributed by atoms with Crippen LogP contribution >= 0.6 is 22.9 Å². The maximum Gasteiger partial charge on any atom is 0.308 e. The predicted octanol–water partition coefficient (Wildman–Crippen LogP) is 2.10. The SMILES string of the molecule is COC(=O)C1CC(NC(=O)c2ccc(Cl)s2)C(OC)C1. The average molecular weight is 318 g/mol. The lowest BCUT2D eigenvalue weighted by Crippen LogP contribution is -2.40. The molecule has 1 heterocycles. The Kier molecular flexibility index (Phi) is 5.01. The zero-order valence-corrected chi connectivity index (χ0v) is 12.8. The van der Waals surface area contributed by atoms with E-state index in [1.54, 1.807) is 19.2 Å². The van der Waals surface area contributed by atoms with Gasteiger partial charge < -0.3 is 14.8 Å². The summed E-state index contributed by atoms with van der Waals surface area (Å²) < 4.78 is 10.7. The first kappa shape index (κ1) is 15.3. The van der Waals surface area contributed by atoms with Crippen LogP contribution in [0.4, 0.5) is 0 Å². The molecule has 0 radical (unpaired) electrons. The number of carbonyl (C=O) groups is 2. The number of amides is 1. The van der Waals surface area contributed by atoms with E-state index in [-0.39, 0.29) is 29.9 Å². The number of rotatable bonds is 4. The number of methoxy groups -OCH3 is 2. The van der Waals surface area contributed by atoms with Gasteiger partial charge in [-0.3, -0.25) is 9.59 Å². The van der Waals surface area contributed by atoms with Crippen molar-refractivity contribution >= 4 is 34.8 Å². The van der Waals surface area contributed by atoms with Crippen LogP contribution in [0.15, 0.2) is 12.1 Å². The van der Waals surface area contributed by atoms with Crippen LogP contribution < -0.4 is 5.32 Å². The number of carbonyl (C=O) groups excluding carboxylic acids is 2. The molecule has 0 saturated heterocycles. The van der Waals surface area contributed by atoms with Crippen LogP contribution in [0, 0.1) is 5.92 Å². The van der Waals surface area contributed by atoms with Gasteiger partial charge in [0.05, 0.1) is 34.4 Å². The predicted molar refractivity (Wildman–Crippen MR) is 76.1 cm³/mol. The van der Waals surface area contributed by atoms with Crippen molar-refractivity contribution in [1.29, 1.82) is 0 Å². The molecular weight excluding hydrogens is 302 g/mol. The molecule has 110 valence electrons. The maximum atomic E-state index is 12.1. The van der Waals surface area contributed by atoms with Gasteiger partial charge in [0.1, 0.15) is 0 Å². The second kappa shape index (κ2) is 6.56. The minimum Gasteiger partial charge on any atom is -0.469 e. The van der Waals surface area contributed by atoms with Crippen molar-refractivity contribution in [3.05, 3.63) is 21.3 Å². The smallest absolute Gasteiger partial charge is 0.308 e. The molecule has 0 spiro atoms. The fourth-order valence-corrected chi connectivity index (χ4v) is 3.39. The van der Waals surface area contributed by atoms with Crippen LogP contribution in [-0.2, 0) is 14.3 Å². The van der Waals surface area contributed by atoms with E-state index in [1.165, 1.54) is 18.4 Å². The van der Waals surface area contributed by atoms with Crippen LogP contribution in [-0.4, -0.2) is 38.2 Å². The zero-order valence-electron chi connectivity index (χ0n) is 11.2. The summed E-state index contributed by atoms with van der Waals surface area (Å²) in [7, 11) is 2.94. The third-order valence-electron chi connectivity index (χ3n) is 3.45. The molecule has 5 nitrogen and oxygen atoms in total. The first-order chi connectivity index (χ1) is 9.55. The second-order valence-electron chi connectivity index (χ2n) is 4.65. The number of thiophene rings is 1. The molecule has 1 aromatic heterocycles. The van der Waals surface area contributed by atoms with Crippen LogP contribution in [0.3, 0.4) is 0 Å². The highest BCUT2D eigenvalue weighted by atomic mass is 35.5. The lowest BCUT2D eigenvalue weighted by atomic mass is 10.1. The van der Waals surface area contributed by atoms with Crippen molar-refractivity contribution in [2.24, 2.45) is 5.92 Å². The fourth-order valence-electron chi connectivity index (χ4n) is 2.45. The van der Waals surface area contributed by atoms with Crippen molar-refractivity contribution in [1.82, 2.24) is 5.32 Å². The Morgan fingerprint density at radius 1 is 1.35 bits per heavy atom. The minimum absolute atomic E-state index is 0.182. The lowest BCUT2D eigenvalue weighted by Gasteiger charge is -2.18. The van der Waals surface area contributed by atoms with Gasteiger partial charge in [-0.15, -0.1) is 11.3 Å². The number of ether oxygens (including phenoxy) is 2. The lowest BCUT2D eigenvalue weighted by molar-refractivity contribution is -0.145. The molecule has 7 heteroatoms. The molecule has 1 aromatic rings.